The van der Waals surface area contributed by atoms with Crippen LogP contribution >= 0.6 is 11.6 Å². The lowest BCUT2D eigenvalue weighted by molar-refractivity contribution is 0.365. The van der Waals surface area contributed by atoms with Crippen molar-refractivity contribution in [2.24, 2.45) is 0 Å². The molecule has 0 nitrogen and oxygen atoms in total. The Labute approximate surface area is 182 Å². The third-order valence-electron chi connectivity index (χ3n) is 6.32. The van der Waals surface area contributed by atoms with E-state index in [1.165, 1.54) is 11.1 Å². The van der Waals surface area contributed by atoms with E-state index in [0.717, 1.165) is 29.0 Å². The molecule has 0 saturated heterocycles. The second kappa shape index (κ2) is 8.42. The molecule has 0 amide bonds. The van der Waals surface area contributed by atoms with Crippen molar-refractivity contribution in [2.75, 3.05) is 0 Å². The number of benzene rings is 2. The first kappa shape index (κ1) is 23.9. The van der Waals surface area contributed by atoms with Gasteiger partial charge in [-0.15, -0.1) is 0 Å². The third kappa shape index (κ3) is 5.63. The molecule has 2 rings (SSSR count). The van der Waals surface area contributed by atoms with Gasteiger partial charge in [0.25, 0.3) is 0 Å². The minimum atomic E-state index is -0.230. The first-order chi connectivity index (χ1) is 13.1. The molecule has 0 aliphatic carbocycles. The Bertz CT molecular complexity index is 853. The van der Waals surface area contributed by atoms with Crippen molar-refractivity contribution in [1.82, 2.24) is 0 Å². The van der Waals surface area contributed by atoms with Crippen molar-refractivity contribution in [1.29, 1.82) is 0 Å². The average molecular weight is 417 g/mol. The summed E-state index contributed by atoms with van der Waals surface area (Å²) in [6.07, 6.45) is 1.85. The first-order valence-corrected chi connectivity index (χ1v) is 11.1. The van der Waals surface area contributed by atoms with Gasteiger partial charge in [0.1, 0.15) is 5.82 Å². The van der Waals surface area contributed by atoms with E-state index < -0.39 is 0 Å². The van der Waals surface area contributed by atoms with Crippen LogP contribution in [0.15, 0.2) is 36.4 Å². The fraction of sp³-hybridized carbons (Fsp3) is 0.556. The first-order valence-electron chi connectivity index (χ1n) is 10.8. The lowest BCUT2D eigenvalue weighted by Gasteiger charge is -2.33. The fourth-order valence-corrected chi connectivity index (χ4v) is 4.35. The van der Waals surface area contributed by atoms with Crippen molar-refractivity contribution >= 4 is 11.6 Å². The van der Waals surface area contributed by atoms with Crippen LogP contribution < -0.4 is 0 Å². The summed E-state index contributed by atoms with van der Waals surface area (Å²) in [6, 6.07) is 12.2. The molecule has 160 valence electrons. The Morgan fingerprint density at radius 2 is 1.34 bits per heavy atom. The molecule has 0 bridgehead atoms. The molecule has 2 aromatic carbocycles. The minimum absolute atomic E-state index is 0.0292. The molecule has 0 N–H and O–H groups in total. The Balaban J connectivity index is 2.22. The zero-order valence-corrected chi connectivity index (χ0v) is 20.5. The van der Waals surface area contributed by atoms with Crippen molar-refractivity contribution in [3.8, 4) is 0 Å². The van der Waals surface area contributed by atoms with E-state index >= 15 is 0 Å². The predicted molar refractivity (Wildman–Crippen MR) is 126 cm³/mol. The zero-order valence-electron chi connectivity index (χ0n) is 19.7. The van der Waals surface area contributed by atoms with Crippen LogP contribution in [0.4, 0.5) is 4.39 Å². The van der Waals surface area contributed by atoms with Gasteiger partial charge in [-0.05, 0) is 69.4 Å². The van der Waals surface area contributed by atoms with Gasteiger partial charge in [-0.1, -0.05) is 98.2 Å². The summed E-state index contributed by atoms with van der Waals surface area (Å²) in [4.78, 5) is 0. The Hall–Kier alpha value is -1.34. The highest BCUT2D eigenvalue weighted by Gasteiger charge is 2.30. The normalized spacial score (nSPS) is 13.2. The standard InChI is InChI=1S/C27H38ClF/c1-18(2)19-10-12-22(24(29)16-19)27(8,9)15-14-26(6,7)20-11-13-21(23(28)17-20)25(3,4)5/h10-13,16-18H,14-15H2,1-9H3. The topological polar surface area (TPSA) is 0 Å². The Kier molecular flexibility index (Phi) is 6.95. The van der Waals surface area contributed by atoms with Gasteiger partial charge in [0.05, 0.1) is 0 Å². The van der Waals surface area contributed by atoms with Gasteiger partial charge in [-0.3, -0.25) is 0 Å². The highest BCUT2D eigenvalue weighted by molar-refractivity contribution is 6.31. The van der Waals surface area contributed by atoms with E-state index in [-0.39, 0.29) is 22.1 Å². The molecule has 0 spiro atoms. The Morgan fingerprint density at radius 3 is 1.83 bits per heavy atom. The van der Waals surface area contributed by atoms with Gasteiger partial charge < -0.3 is 0 Å². The van der Waals surface area contributed by atoms with E-state index in [4.69, 9.17) is 11.6 Å². The maximum Gasteiger partial charge on any atom is 0.127 e. The summed E-state index contributed by atoms with van der Waals surface area (Å²) in [7, 11) is 0. The lowest BCUT2D eigenvalue weighted by atomic mass is 9.72. The zero-order chi connectivity index (χ0) is 22.2. The molecule has 0 unspecified atom stereocenters. The number of hydrogen-bond acceptors (Lipinski definition) is 0. The molecule has 29 heavy (non-hydrogen) atoms. The van der Waals surface area contributed by atoms with E-state index in [1.54, 1.807) is 6.07 Å². The summed E-state index contributed by atoms with van der Waals surface area (Å²) in [5.41, 5.74) is 4.03. The molecular weight excluding hydrogens is 379 g/mol. The minimum Gasteiger partial charge on any atom is -0.207 e. The average Bonchev–Trinajstić information content (AvgIpc) is 2.58. The Morgan fingerprint density at radius 1 is 0.793 bits per heavy atom. The highest BCUT2D eigenvalue weighted by atomic mass is 35.5. The quantitative estimate of drug-likeness (QED) is 0.440. The maximum atomic E-state index is 14.8. The third-order valence-corrected chi connectivity index (χ3v) is 6.64. The van der Waals surface area contributed by atoms with Crippen LogP contribution in [0.2, 0.25) is 5.02 Å². The molecule has 2 aromatic rings. The highest BCUT2D eigenvalue weighted by Crippen LogP contribution is 2.39. The molecular formula is C27H38ClF. The monoisotopic (exact) mass is 416 g/mol. The summed E-state index contributed by atoms with van der Waals surface area (Å²) >= 11 is 6.62. The van der Waals surface area contributed by atoms with E-state index in [2.05, 4.69) is 86.6 Å². The molecule has 0 heterocycles. The summed E-state index contributed by atoms with van der Waals surface area (Å²) in [6.45, 7) is 19.5. The number of hydrogen-bond donors (Lipinski definition) is 0. The van der Waals surface area contributed by atoms with Crippen molar-refractivity contribution in [3.05, 3.63) is 69.5 Å². The van der Waals surface area contributed by atoms with Gasteiger partial charge in [-0.25, -0.2) is 4.39 Å². The van der Waals surface area contributed by atoms with Gasteiger partial charge in [0.2, 0.25) is 0 Å². The van der Waals surface area contributed by atoms with Crippen molar-refractivity contribution in [3.63, 3.8) is 0 Å². The van der Waals surface area contributed by atoms with Crippen LogP contribution in [0.1, 0.15) is 103 Å². The second-order valence-electron chi connectivity index (χ2n) is 11.1. The van der Waals surface area contributed by atoms with Crippen LogP contribution in [0.3, 0.4) is 0 Å². The fourth-order valence-electron chi connectivity index (χ4n) is 3.89. The van der Waals surface area contributed by atoms with Crippen LogP contribution in [0.5, 0.6) is 0 Å². The molecule has 0 fully saturated rings. The van der Waals surface area contributed by atoms with Gasteiger partial charge in [0, 0.05) is 5.02 Å². The van der Waals surface area contributed by atoms with Crippen molar-refractivity contribution < 1.29 is 4.39 Å². The molecule has 2 heteroatoms. The van der Waals surface area contributed by atoms with E-state index in [9.17, 15) is 4.39 Å². The summed E-state index contributed by atoms with van der Waals surface area (Å²) < 4.78 is 14.8. The molecule has 0 aliphatic rings. The summed E-state index contributed by atoms with van der Waals surface area (Å²) in [5.74, 6) is 0.248. The van der Waals surface area contributed by atoms with Crippen LogP contribution in [0.25, 0.3) is 0 Å². The number of rotatable bonds is 6. The van der Waals surface area contributed by atoms with Gasteiger partial charge in [0.15, 0.2) is 0 Å². The van der Waals surface area contributed by atoms with Gasteiger partial charge >= 0.3 is 0 Å². The van der Waals surface area contributed by atoms with Crippen LogP contribution in [0, 0.1) is 5.82 Å². The molecule has 0 radical (unpaired) electrons. The lowest BCUT2D eigenvalue weighted by Crippen LogP contribution is -2.25. The van der Waals surface area contributed by atoms with Gasteiger partial charge in [-0.2, -0.15) is 0 Å². The number of halogens is 2. The van der Waals surface area contributed by atoms with E-state index in [0.29, 0.717) is 5.92 Å². The maximum absolute atomic E-state index is 14.8. The molecule has 0 aliphatic heterocycles. The second-order valence-corrected chi connectivity index (χ2v) is 11.5. The summed E-state index contributed by atoms with van der Waals surface area (Å²) in [5, 5.41) is 0.831. The largest absolute Gasteiger partial charge is 0.207 e. The molecule has 0 saturated carbocycles. The molecule has 0 aromatic heterocycles. The van der Waals surface area contributed by atoms with Crippen LogP contribution in [-0.2, 0) is 16.2 Å². The van der Waals surface area contributed by atoms with Crippen LogP contribution in [-0.4, -0.2) is 0 Å². The van der Waals surface area contributed by atoms with Crippen molar-refractivity contribution in [2.45, 2.75) is 97.3 Å². The SMILES string of the molecule is CC(C)c1ccc(C(C)(C)CCC(C)(C)c2ccc(C(C)(C)C)c(Cl)c2)c(F)c1. The predicted octanol–water partition coefficient (Wildman–Crippen LogP) is 8.94. The van der Waals surface area contributed by atoms with E-state index in [1.807, 2.05) is 6.07 Å². The smallest absolute Gasteiger partial charge is 0.127 e. The molecule has 0 atom stereocenters.